The van der Waals surface area contributed by atoms with Crippen LogP contribution in [-0.4, -0.2) is 31.7 Å². The van der Waals surface area contributed by atoms with E-state index in [0.29, 0.717) is 19.1 Å². The number of amides is 1. The third-order valence-electron chi connectivity index (χ3n) is 2.20. The van der Waals surface area contributed by atoms with Crippen LogP contribution in [-0.2, 0) is 9.53 Å². The van der Waals surface area contributed by atoms with Gasteiger partial charge in [-0.1, -0.05) is 33.6 Å². The van der Waals surface area contributed by atoms with Gasteiger partial charge in [0.05, 0.1) is 12.6 Å². The van der Waals surface area contributed by atoms with Crippen LogP contribution in [0.5, 0.6) is 0 Å². The topological polar surface area (TPSA) is 64.4 Å². The highest BCUT2D eigenvalue weighted by atomic mass is 16.5. The summed E-state index contributed by atoms with van der Waals surface area (Å²) in [4.78, 5) is 11.5. The second-order valence-corrected chi connectivity index (χ2v) is 4.51. The SMILES string of the molecule is CCCC[C@H](N)C(=O)NCCOCC(C)C. The third kappa shape index (κ3) is 8.68. The van der Waals surface area contributed by atoms with E-state index in [1.807, 2.05) is 0 Å². The normalized spacial score (nSPS) is 12.8. The summed E-state index contributed by atoms with van der Waals surface area (Å²) in [6, 6.07) is -0.370. The van der Waals surface area contributed by atoms with Gasteiger partial charge in [-0.15, -0.1) is 0 Å². The average Bonchev–Trinajstić information content (AvgIpc) is 2.24. The van der Waals surface area contributed by atoms with E-state index in [4.69, 9.17) is 10.5 Å². The molecule has 0 aliphatic heterocycles. The smallest absolute Gasteiger partial charge is 0.236 e. The number of nitrogens with one attached hydrogen (secondary N) is 1. The number of nitrogens with two attached hydrogens (primary N) is 1. The zero-order valence-electron chi connectivity index (χ0n) is 10.8. The minimum absolute atomic E-state index is 0.0680. The molecule has 0 aromatic heterocycles. The van der Waals surface area contributed by atoms with Crippen LogP contribution in [0, 0.1) is 5.92 Å². The van der Waals surface area contributed by atoms with Crippen LogP contribution in [0.25, 0.3) is 0 Å². The predicted octanol–water partition coefficient (Wildman–Crippen LogP) is 1.29. The van der Waals surface area contributed by atoms with Gasteiger partial charge in [-0.05, 0) is 12.3 Å². The van der Waals surface area contributed by atoms with Crippen molar-refractivity contribution >= 4 is 5.91 Å². The zero-order chi connectivity index (χ0) is 12.4. The van der Waals surface area contributed by atoms with Gasteiger partial charge in [-0.2, -0.15) is 0 Å². The van der Waals surface area contributed by atoms with Gasteiger partial charge < -0.3 is 15.8 Å². The second kappa shape index (κ2) is 9.60. The standard InChI is InChI=1S/C12H26N2O2/c1-4-5-6-11(13)12(15)14-7-8-16-9-10(2)3/h10-11H,4-9,13H2,1-3H3,(H,14,15)/t11-/m0/s1. The number of carbonyl (C=O) groups excluding carboxylic acids is 1. The van der Waals surface area contributed by atoms with Gasteiger partial charge >= 0.3 is 0 Å². The first-order valence-corrected chi connectivity index (χ1v) is 6.19. The molecule has 96 valence electrons. The molecule has 0 spiro atoms. The minimum atomic E-state index is -0.370. The van der Waals surface area contributed by atoms with E-state index in [-0.39, 0.29) is 11.9 Å². The molecule has 0 rings (SSSR count). The molecular weight excluding hydrogens is 204 g/mol. The van der Waals surface area contributed by atoms with E-state index in [9.17, 15) is 4.79 Å². The van der Waals surface area contributed by atoms with Gasteiger partial charge in [0.25, 0.3) is 0 Å². The number of carbonyl (C=O) groups is 1. The number of unbranched alkanes of at least 4 members (excludes halogenated alkanes) is 1. The Balaban J connectivity index is 3.42. The molecule has 0 heterocycles. The van der Waals surface area contributed by atoms with Crippen molar-refractivity contribution < 1.29 is 9.53 Å². The highest BCUT2D eigenvalue weighted by Crippen LogP contribution is 1.97. The van der Waals surface area contributed by atoms with Crippen molar-refractivity contribution in [2.75, 3.05) is 19.8 Å². The van der Waals surface area contributed by atoms with Crippen molar-refractivity contribution in [2.24, 2.45) is 11.7 Å². The first kappa shape index (κ1) is 15.4. The van der Waals surface area contributed by atoms with Crippen molar-refractivity contribution in [1.82, 2.24) is 5.32 Å². The molecule has 1 amide bonds. The lowest BCUT2D eigenvalue weighted by molar-refractivity contribution is -0.122. The lowest BCUT2D eigenvalue weighted by Gasteiger charge is -2.12. The van der Waals surface area contributed by atoms with E-state index in [0.717, 1.165) is 25.9 Å². The van der Waals surface area contributed by atoms with Gasteiger partial charge in [-0.3, -0.25) is 4.79 Å². The second-order valence-electron chi connectivity index (χ2n) is 4.51. The first-order chi connectivity index (χ1) is 7.57. The van der Waals surface area contributed by atoms with E-state index in [2.05, 4.69) is 26.1 Å². The molecule has 16 heavy (non-hydrogen) atoms. The van der Waals surface area contributed by atoms with Crippen LogP contribution in [0.4, 0.5) is 0 Å². The number of hydrogen-bond donors (Lipinski definition) is 2. The third-order valence-corrected chi connectivity index (χ3v) is 2.20. The summed E-state index contributed by atoms with van der Waals surface area (Å²) in [5, 5.41) is 2.78. The van der Waals surface area contributed by atoms with Gasteiger partial charge in [0, 0.05) is 13.2 Å². The highest BCUT2D eigenvalue weighted by molar-refractivity contribution is 5.81. The Morgan fingerprint density at radius 3 is 2.69 bits per heavy atom. The van der Waals surface area contributed by atoms with Gasteiger partial charge in [-0.25, -0.2) is 0 Å². The van der Waals surface area contributed by atoms with Gasteiger partial charge in [0.15, 0.2) is 0 Å². The van der Waals surface area contributed by atoms with Crippen LogP contribution in [0.1, 0.15) is 40.0 Å². The molecule has 1 atom stereocenters. The Morgan fingerprint density at radius 1 is 1.44 bits per heavy atom. The summed E-state index contributed by atoms with van der Waals surface area (Å²) in [6.07, 6.45) is 2.83. The van der Waals surface area contributed by atoms with Crippen LogP contribution >= 0.6 is 0 Å². The van der Waals surface area contributed by atoms with Crippen molar-refractivity contribution in [3.8, 4) is 0 Å². The summed E-state index contributed by atoms with van der Waals surface area (Å²) < 4.78 is 5.35. The van der Waals surface area contributed by atoms with Crippen LogP contribution in [0.3, 0.4) is 0 Å². The van der Waals surface area contributed by atoms with Gasteiger partial charge in [0.2, 0.25) is 5.91 Å². The van der Waals surface area contributed by atoms with E-state index in [1.54, 1.807) is 0 Å². The molecule has 3 N–H and O–H groups in total. The molecule has 0 aromatic rings. The minimum Gasteiger partial charge on any atom is -0.379 e. The maximum Gasteiger partial charge on any atom is 0.236 e. The molecule has 4 heteroatoms. The molecule has 0 bridgehead atoms. The predicted molar refractivity (Wildman–Crippen MR) is 66.2 cm³/mol. The van der Waals surface area contributed by atoms with Crippen LogP contribution < -0.4 is 11.1 Å². The highest BCUT2D eigenvalue weighted by Gasteiger charge is 2.11. The molecule has 4 nitrogen and oxygen atoms in total. The first-order valence-electron chi connectivity index (χ1n) is 6.19. The number of hydrogen-bond acceptors (Lipinski definition) is 3. The molecular formula is C12H26N2O2. The fourth-order valence-electron chi connectivity index (χ4n) is 1.25. The van der Waals surface area contributed by atoms with E-state index in [1.165, 1.54) is 0 Å². The Kier molecular flexibility index (Phi) is 9.24. The monoisotopic (exact) mass is 230 g/mol. The van der Waals surface area contributed by atoms with Crippen molar-refractivity contribution in [1.29, 1.82) is 0 Å². The molecule has 0 saturated carbocycles. The van der Waals surface area contributed by atoms with Crippen LogP contribution in [0.15, 0.2) is 0 Å². The summed E-state index contributed by atoms with van der Waals surface area (Å²) in [6.45, 7) is 8.12. The largest absolute Gasteiger partial charge is 0.379 e. The average molecular weight is 230 g/mol. The molecule has 0 fully saturated rings. The molecule has 0 aliphatic rings. The maximum atomic E-state index is 11.5. The summed E-state index contributed by atoms with van der Waals surface area (Å²) >= 11 is 0. The number of rotatable bonds is 9. The Bertz CT molecular complexity index is 184. The maximum absolute atomic E-state index is 11.5. The van der Waals surface area contributed by atoms with E-state index < -0.39 is 0 Å². The Morgan fingerprint density at radius 2 is 2.12 bits per heavy atom. The molecule has 0 aliphatic carbocycles. The summed E-state index contributed by atoms with van der Waals surface area (Å²) in [5.41, 5.74) is 5.71. The van der Waals surface area contributed by atoms with Crippen LogP contribution in [0.2, 0.25) is 0 Å². The van der Waals surface area contributed by atoms with Crippen molar-refractivity contribution in [3.05, 3.63) is 0 Å². The van der Waals surface area contributed by atoms with Crippen molar-refractivity contribution in [2.45, 2.75) is 46.1 Å². The number of ether oxygens (including phenoxy) is 1. The Labute approximate surface area is 98.9 Å². The molecule has 0 saturated heterocycles. The molecule has 0 unspecified atom stereocenters. The summed E-state index contributed by atoms with van der Waals surface area (Å²) in [5.74, 6) is 0.462. The fourth-order valence-corrected chi connectivity index (χ4v) is 1.25. The fraction of sp³-hybridized carbons (Fsp3) is 0.917. The molecule has 0 radical (unpaired) electrons. The zero-order valence-corrected chi connectivity index (χ0v) is 10.8. The lowest BCUT2D eigenvalue weighted by Crippen LogP contribution is -2.41. The quantitative estimate of drug-likeness (QED) is 0.587. The summed E-state index contributed by atoms with van der Waals surface area (Å²) in [7, 11) is 0. The van der Waals surface area contributed by atoms with Crippen molar-refractivity contribution in [3.63, 3.8) is 0 Å². The Hall–Kier alpha value is -0.610. The van der Waals surface area contributed by atoms with Gasteiger partial charge in [0.1, 0.15) is 0 Å². The van der Waals surface area contributed by atoms with E-state index >= 15 is 0 Å². The molecule has 0 aromatic carbocycles. The lowest BCUT2D eigenvalue weighted by atomic mass is 10.1.